The highest BCUT2D eigenvalue weighted by molar-refractivity contribution is 5.94. The predicted octanol–water partition coefficient (Wildman–Crippen LogP) is 3.12. The molecule has 0 aliphatic heterocycles. The van der Waals surface area contributed by atoms with Crippen LogP contribution in [0.2, 0.25) is 0 Å². The van der Waals surface area contributed by atoms with Crippen LogP contribution in [0.1, 0.15) is 29.8 Å². The second kappa shape index (κ2) is 7.11. The lowest BCUT2D eigenvalue weighted by Gasteiger charge is -2.13. The molecule has 1 amide bonds. The van der Waals surface area contributed by atoms with Crippen LogP contribution in [-0.2, 0) is 4.79 Å². The third-order valence-electron chi connectivity index (χ3n) is 4.83. The van der Waals surface area contributed by atoms with Gasteiger partial charge in [0.15, 0.2) is 5.76 Å². The number of carbonyl (C=O) groups excluding carboxylic acids is 1. The van der Waals surface area contributed by atoms with E-state index in [1.807, 2.05) is 30.3 Å². The maximum atomic E-state index is 12.9. The number of furan rings is 1. The predicted molar refractivity (Wildman–Crippen MR) is 97.5 cm³/mol. The Morgan fingerprint density at radius 3 is 2.63 bits per heavy atom. The number of hydrogen-bond donors (Lipinski definition) is 2. The van der Waals surface area contributed by atoms with Crippen LogP contribution in [0.3, 0.4) is 0 Å². The second-order valence-corrected chi connectivity index (χ2v) is 6.66. The number of carbonyl (C=O) groups is 2. The number of amides is 1. The molecule has 4 rings (SSSR count). The molecular formula is C20H19N3O4. The highest BCUT2D eigenvalue weighted by atomic mass is 16.4. The van der Waals surface area contributed by atoms with Crippen molar-refractivity contribution in [2.45, 2.75) is 25.3 Å². The summed E-state index contributed by atoms with van der Waals surface area (Å²) in [4.78, 5) is 24.0. The summed E-state index contributed by atoms with van der Waals surface area (Å²) in [6.45, 7) is 0. The molecule has 138 valence electrons. The van der Waals surface area contributed by atoms with Crippen LogP contribution in [0.5, 0.6) is 0 Å². The number of aromatic nitrogens is 2. The topological polar surface area (TPSA) is 97.4 Å². The molecule has 3 aromatic rings. The van der Waals surface area contributed by atoms with Crippen molar-refractivity contribution in [2.75, 3.05) is 0 Å². The molecule has 2 atom stereocenters. The van der Waals surface area contributed by atoms with Crippen LogP contribution < -0.4 is 5.32 Å². The molecule has 27 heavy (non-hydrogen) atoms. The zero-order valence-corrected chi connectivity index (χ0v) is 14.5. The molecule has 7 nitrogen and oxygen atoms in total. The summed E-state index contributed by atoms with van der Waals surface area (Å²) in [7, 11) is 0. The van der Waals surface area contributed by atoms with Gasteiger partial charge in [0.05, 0.1) is 17.9 Å². The maximum absolute atomic E-state index is 12.9. The van der Waals surface area contributed by atoms with Crippen molar-refractivity contribution in [1.29, 1.82) is 0 Å². The van der Waals surface area contributed by atoms with E-state index < -0.39 is 11.9 Å². The van der Waals surface area contributed by atoms with E-state index in [-0.39, 0.29) is 11.9 Å². The SMILES string of the molecule is O=C(N[C@@H]1CC[C@H](C(=O)O)C1)c1cc(-c2ccco2)nn1-c1ccccc1. The fourth-order valence-corrected chi connectivity index (χ4v) is 3.45. The molecule has 0 radical (unpaired) electrons. The molecular weight excluding hydrogens is 346 g/mol. The molecule has 2 aromatic heterocycles. The molecule has 1 aliphatic rings. The first kappa shape index (κ1) is 17.1. The van der Waals surface area contributed by atoms with E-state index in [1.165, 1.54) is 0 Å². The van der Waals surface area contributed by atoms with Gasteiger partial charge in [-0.3, -0.25) is 9.59 Å². The lowest BCUT2D eigenvalue weighted by atomic mass is 10.1. The van der Waals surface area contributed by atoms with Crippen LogP contribution >= 0.6 is 0 Å². The summed E-state index contributed by atoms with van der Waals surface area (Å²) in [5.41, 5.74) is 1.70. The van der Waals surface area contributed by atoms with Gasteiger partial charge in [-0.2, -0.15) is 5.10 Å². The number of aliphatic carboxylic acids is 1. The minimum absolute atomic E-state index is 0.148. The quantitative estimate of drug-likeness (QED) is 0.724. The van der Waals surface area contributed by atoms with E-state index in [9.17, 15) is 9.59 Å². The Bertz CT molecular complexity index is 947. The number of nitrogens with one attached hydrogen (secondary N) is 1. The lowest BCUT2D eigenvalue weighted by Crippen LogP contribution is -2.34. The second-order valence-electron chi connectivity index (χ2n) is 6.66. The lowest BCUT2D eigenvalue weighted by molar-refractivity contribution is -0.141. The molecule has 1 aromatic carbocycles. The summed E-state index contributed by atoms with van der Waals surface area (Å²) in [6.07, 6.45) is 3.25. The summed E-state index contributed by atoms with van der Waals surface area (Å²) >= 11 is 0. The highest BCUT2D eigenvalue weighted by Gasteiger charge is 2.31. The van der Waals surface area contributed by atoms with Crippen molar-refractivity contribution in [3.63, 3.8) is 0 Å². The van der Waals surface area contributed by atoms with Crippen LogP contribution in [0.25, 0.3) is 17.1 Å². The zero-order chi connectivity index (χ0) is 18.8. The molecule has 2 heterocycles. The zero-order valence-electron chi connectivity index (χ0n) is 14.5. The van der Waals surface area contributed by atoms with Gasteiger partial charge in [-0.25, -0.2) is 4.68 Å². The molecule has 1 fully saturated rings. The third-order valence-corrected chi connectivity index (χ3v) is 4.83. The maximum Gasteiger partial charge on any atom is 0.306 e. The van der Waals surface area contributed by atoms with Gasteiger partial charge in [0.2, 0.25) is 0 Å². The van der Waals surface area contributed by atoms with Crippen LogP contribution in [0.4, 0.5) is 0 Å². The van der Waals surface area contributed by atoms with Gasteiger partial charge in [-0.1, -0.05) is 18.2 Å². The third kappa shape index (κ3) is 3.48. The Morgan fingerprint density at radius 1 is 1.15 bits per heavy atom. The Kier molecular flexibility index (Phi) is 4.50. The molecule has 0 saturated heterocycles. The average molecular weight is 365 g/mol. The minimum Gasteiger partial charge on any atom is -0.481 e. The number of rotatable bonds is 5. The number of para-hydroxylation sites is 1. The first-order valence-electron chi connectivity index (χ1n) is 8.85. The number of carboxylic acid groups (broad SMARTS) is 1. The van der Waals surface area contributed by atoms with Gasteiger partial charge < -0.3 is 14.8 Å². The van der Waals surface area contributed by atoms with E-state index >= 15 is 0 Å². The van der Waals surface area contributed by atoms with Gasteiger partial charge in [0, 0.05) is 12.1 Å². The summed E-state index contributed by atoms with van der Waals surface area (Å²) in [5.74, 6) is -0.903. The van der Waals surface area contributed by atoms with Crippen LogP contribution in [0.15, 0.2) is 59.2 Å². The van der Waals surface area contributed by atoms with Gasteiger partial charge >= 0.3 is 5.97 Å². The summed E-state index contributed by atoms with van der Waals surface area (Å²) in [6, 6.07) is 14.5. The monoisotopic (exact) mass is 365 g/mol. The molecule has 0 bridgehead atoms. The molecule has 1 saturated carbocycles. The number of benzene rings is 1. The molecule has 2 N–H and O–H groups in total. The van der Waals surface area contributed by atoms with E-state index in [4.69, 9.17) is 9.52 Å². The summed E-state index contributed by atoms with van der Waals surface area (Å²) < 4.78 is 6.98. The smallest absolute Gasteiger partial charge is 0.306 e. The van der Waals surface area contributed by atoms with Crippen molar-refractivity contribution < 1.29 is 19.1 Å². The molecule has 0 spiro atoms. The van der Waals surface area contributed by atoms with Gasteiger partial charge in [0.25, 0.3) is 5.91 Å². The average Bonchev–Trinajstić information content (AvgIpc) is 3.42. The fourth-order valence-electron chi connectivity index (χ4n) is 3.45. The van der Waals surface area contributed by atoms with E-state index in [0.717, 1.165) is 5.69 Å². The van der Waals surface area contributed by atoms with Crippen molar-refractivity contribution >= 4 is 11.9 Å². The van der Waals surface area contributed by atoms with Gasteiger partial charge in [-0.05, 0) is 43.5 Å². The number of nitrogens with zero attached hydrogens (tertiary/aromatic N) is 2. The standard InChI is InChI=1S/C20H19N3O4/c24-19(21-14-9-8-13(11-14)20(25)26)17-12-16(18-7-4-10-27-18)22-23(17)15-5-2-1-3-6-15/h1-7,10,12-14H,8-9,11H2,(H,21,24)(H,25,26)/t13-,14+/m0/s1. The molecule has 0 unspecified atom stereocenters. The number of hydrogen-bond acceptors (Lipinski definition) is 4. The molecule has 7 heteroatoms. The van der Waals surface area contributed by atoms with E-state index in [2.05, 4.69) is 10.4 Å². The minimum atomic E-state index is -0.804. The highest BCUT2D eigenvalue weighted by Crippen LogP contribution is 2.27. The Hall–Kier alpha value is -3.35. The first-order chi connectivity index (χ1) is 13.1. The van der Waals surface area contributed by atoms with Crippen LogP contribution in [0, 0.1) is 5.92 Å². The number of carboxylic acids is 1. The van der Waals surface area contributed by atoms with Crippen LogP contribution in [-0.4, -0.2) is 32.8 Å². The Balaban J connectivity index is 1.63. The van der Waals surface area contributed by atoms with E-state index in [0.29, 0.717) is 36.4 Å². The first-order valence-corrected chi connectivity index (χ1v) is 8.85. The molecule has 1 aliphatic carbocycles. The largest absolute Gasteiger partial charge is 0.481 e. The Labute approximate surface area is 155 Å². The van der Waals surface area contributed by atoms with Crippen molar-refractivity contribution in [3.8, 4) is 17.1 Å². The van der Waals surface area contributed by atoms with Crippen molar-refractivity contribution in [3.05, 3.63) is 60.5 Å². The normalized spacial score (nSPS) is 19.1. The van der Waals surface area contributed by atoms with Crippen molar-refractivity contribution in [1.82, 2.24) is 15.1 Å². The summed E-state index contributed by atoms with van der Waals surface area (Å²) in [5, 5.41) is 16.6. The van der Waals surface area contributed by atoms with E-state index in [1.54, 1.807) is 29.1 Å². The fraction of sp³-hybridized carbons (Fsp3) is 0.250. The van der Waals surface area contributed by atoms with Gasteiger partial charge in [-0.15, -0.1) is 0 Å². The van der Waals surface area contributed by atoms with Gasteiger partial charge in [0.1, 0.15) is 11.4 Å². The van der Waals surface area contributed by atoms with Crippen molar-refractivity contribution in [2.24, 2.45) is 5.92 Å². The Morgan fingerprint density at radius 2 is 1.96 bits per heavy atom.